The molecule has 0 spiro atoms. The molecule has 0 bridgehead atoms. The molecule has 5 rings (SSSR count). The Morgan fingerprint density at radius 3 is 2.40 bits per heavy atom. The maximum absolute atomic E-state index is 13.2. The zero-order valence-corrected chi connectivity index (χ0v) is 19.7. The molecular weight excluding hydrogens is 471 g/mol. The summed E-state index contributed by atoms with van der Waals surface area (Å²) >= 11 is 1.38. The number of alkyl halides is 3. The van der Waals surface area contributed by atoms with Crippen molar-refractivity contribution in [3.8, 4) is 11.5 Å². The number of fused-ring (bicyclic) bond motifs is 1. The molecule has 0 amide bonds. The Kier molecular flexibility index (Phi) is 5.90. The van der Waals surface area contributed by atoms with Crippen LogP contribution >= 0.6 is 11.3 Å². The molecule has 0 N–H and O–H groups in total. The van der Waals surface area contributed by atoms with Crippen molar-refractivity contribution in [2.24, 2.45) is 10.1 Å². The van der Waals surface area contributed by atoms with Crippen molar-refractivity contribution in [3.05, 3.63) is 105 Å². The summed E-state index contributed by atoms with van der Waals surface area (Å²) in [6, 6.07) is 20.5. The van der Waals surface area contributed by atoms with Crippen molar-refractivity contribution >= 4 is 34.2 Å². The van der Waals surface area contributed by atoms with E-state index in [9.17, 15) is 13.2 Å². The van der Waals surface area contributed by atoms with E-state index in [2.05, 4.69) is 5.10 Å². The zero-order valence-electron chi connectivity index (χ0n) is 18.9. The van der Waals surface area contributed by atoms with Gasteiger partial charge in [0, 0.05) is 10.8 Å². The molecule has 4 nitrogen and oxygen atoms in total. The Hall–Kier alpha value is -3.91. The van der Waals surface area contributed by atoms with Gasteiger partial charge < -0.3 is 4.42 Å². The molecule has 35 heavy (non-hydrogen) atoms. The van der Waals surface area contributed by atoms with Crippen LogP contribution in [0, 0.1) is 13.8 Å². The second-order valence-electron chi connectivity index (χ2n) is 8.08. The van der Waals surface area contributed by atoms with Crippen molar-refractivity contribution in [1.82, 2.24) is 4.68 Å². The molecule has 0 aliphatic rings. The fraction of sp³-hybridized carbons (Fsp3) is 0.111. The summed E-state index contributed by atoms with van der Waals surface area (Å²) in [5.41, 5.74) is 3.83. The summed E-state index contributed by atoms with van der Waals surface area (Å²) in [4.78, 5) is 5.43. The number of benzene rings is 3. The molecule has 2 aromatic heterocycles. The molecule has 8 heteroatoms. The summed E-state index contributed by atoms with van der Waals surface area (Å²) in [6.07, 6.45) is -3.03. The molecule has 3 aromatic carbocycles. The number of aryl methyl sites for hydroxylation is 2. The average Bonchev–Trinajstić information content (AvgIpc) is 3.43. The summed E-state index contributed by atoms with van der Waals surface area (Å²) < 4.78 is 47.2. The van der Waals surface area contributed by atoms with Crippen LogP contribution in [0.1, 0.15) is 22.3 Å². The van der Waals surface area contributed by atoms with Crippen LogP contribution in [0.15, 0.2) is 92.7 Å². The van der Waals surface area contributed by atoms with Crippen LogP contribution in [0.4, 0.5) is 18.9 Å². The predicted molar refractivity (Wildman–Crippen MR) is 133 cm³/mol. The lowest BCUT2D eigenvalue weighted by Crippen LogP contribution is -2.12. The quantitative estimate of drug-likeness (QED) is 0.237. The highest BCUT2D eigenvalue weighted by atomic mass is 32.1. The van der Waals surface area contributed by atoms with Crippen LogP contribution in [-0.2, 0) is 6.18 Å². The fourth-order valence-corrected chi connectivity index (χ4v) is 4.59. The first-order chi connectivity index (χ1) is 16.8. The van der Waals surface area contributed by atoms with Gasteiger partial charge in [0.25, 0.3) is 0 Å². The average molecular weight is 492 g/mol. The van der Waals surface area contributed by atoms with Crippen LogP contribution < -0.4 is 4.80 Å². The molecule has 0 radical (unpaired) electrons. The molecule has 5 aromatic rings. The number of aromatic nitrogens is 1. The van der Waals surface area contributed by atoms with E-state index >= 15 is 0 Å². The maximum atomic E-state index is 13.2. The molecular formula is C27H20F3N3OS. The zero-order chi connectivity index (χ0) is 24.6. The Labute approximate surface area is 203 Å². The number of furan rings is 1. The number of hydrogen-bond donors (Lipinski definition) is 0. The van der Waals surface area contributed by atoms with Gasteiger partial charge in [-0.15, -0.1) is 11.3 Å². The molecule has 0 atom stereocenters. The van der Waals surface area contributed by atoms with Gasteiger partial charge in [0.1, 0.15) is 11.3 Å². The van der Waals surface area contributed by atoms with Crippen molar-refractivity contribution in [3.63, 3.8) is 0 Å². The van der Waals surface area contributed by atoms with Crippen LogP contribution in [0.5, 0.6) is 0 Å². The van der Waals surface area contributed by atoms with Crippen LogP contribution in [0.3, 0.4) is 0 Å². The molecule has 0 fully saturated rings. The van der Waals surface area contributed by atoms with Crippen LogP contribution in [0.25, 0.3) is 22.4 Å². The summed E-state index contributed by atoms with van der Waals surface area (Å²) in [7, 11) is 0. The number of nitrogens with zero attached hydrogens (tertiary/aromatic N) is 3. The lowest BCUT2D eigenvalue weighted by molar-refractivity contribution is -0.137. The van der Waals surface area contributed by atoms with Crippen LogP contribution in [-0.4, -0.2) is 10.9 Å². The highest BCUT2D eigenvalue weighted by Gasteiger charge is 2.30. The summed E-state index contributed by atoms with van der Waals surface area (Å²) in [6.45, 7) is 3.96. The van der Waals surface area contributed by atoms with E-state index in [-0.39, 0.29) is 0 Å². The first kappa shape index (κ1) is 22.9. The van der Waals surface area contributed by atoms with Crippen molar-refractivity contribution in [1.29, 1.82) is 0 Å². The smallest absolute Gasteiger partial charge is 0.416 e. The second-order valence-corrected chi connectivity index (χ2v) is 8.92. The molecule has 0 aliphatic carbocycles. The van der Waals surface area contributed by atoms with E-state index < -0.39 is 11.7 Å². The molecule has 0 aliphatic heterocycles. The Morgan fingerprint density at radius 2 is 1.66 bits per heavy atom. The number of halogens is 3. The number of thiazole rings is 1. The van der Waals surface area contributed by atoms with Gasteiger partial charge in [-0.3, -0.25) is 0 Å². The highest BCUT2D eigenvalue weighted by Crippen LogP contribution is 2.30. The number of para-hydroxylation sites is 2. The van der Waals surface area contributed by atoms with Crippen molar-refractivity contribution < 1.29 is 17.6 Å². The fourth-order valence-electron chi connectivity index (χ4n) is 3.76. The standard InChI is InChI=1S/C27H20F3N3OS/c1-17-7-5-8-18(2)25(17)32-26-33(31-15-19-9-6-11-21(13-19)27(28,29)30)22(16-35-26)24-14-20-10-3-4-12-23(20)34-24/h3-16H,1-2H3. The van der Waals surface area contributed by atoms with Gasteiger partial charge in [-0.25, -0.2) is 9.67 Å². The third kappa shape index (κ3) is 4.70. The Balaban J connectivity index is 1.67. The van der Waals surface area contributed by atoms with Gasteiger partial charge in [-0.05, 0) is 54.8 Å². The molecule has 176 valence electrons. The Bertz CT molecular complexity index is 1570. The minimum atomic E-state index is -4.43. The van der Waals surface area contributed by atoms with Gasteiger partial charge in [0.2, 0.25) is 4.80 Å². The van der Waals surface area contributed by atoms with Crippen LogP contribution in [0.2, 0.25) is 0 Å². The van der Waals surface area contributed by atoms with Gasteiger partial charge in [0.05, 0.1) is 17.5 Å². The molecule has 0 saturated heterocycles. The summed E-state index contributed by atoms with van der Waals surface area (Å²) in [5, 5.41) is 7.37. The van der Waals surface area contributed by atoms with Gasteiger partial charge in [0.15, 0.2) is 5.76 Å². The lowest BCUT2D eigenvalue weighted by atomic mass is 10.1. The highest BCUT2D eigenvalue weighted by molar-refractivity contribution is 7.07. The predicted octanol–water partition coefficient (Wildman–Crippen LogP) is 7.71. The Morgan fingerprint density at radius 1 is 0.914 bits per heavy atom. The van der Waals surface area contributed by atoms with E-state index in [1.807, 2.05) is 67.8 Å². The summed E-state index contributed by atoms with van der Waals surface area (Å²) in [5.74, 6) is 0.589. The maximum Gasteiger partial charge on any atom is 0.416 e. The lowest BCUT2D eigenvalue weighted by Gasteiger charge is -2.07. The van der Waals surface area contributed by atoms with E-state index in [4.69, 9.17) is 9.41 Å². The minimum Gasteiger partial charge on any atom is -0.454 e. The normalized spacial score (nSPS) is 12.8. The largest absolute Gasteiger partial charge is 0.454 e. The second kappa shape index (κ2) is 9.03. The van der Waals surface area contributed by atoms with E-state index in [0.717, 1.165) is 39.9 Å². The monoisotopic (exact) mass is 491 g/mol. The van der Waals surface area contributed by atoms with Gasteiger partial charge in [-0.1, -0.05) is 48.5 Å². The molecule has 2 heterocycles. The third-order valence-corrected chi connectivity index (χ3v) is 6.36. The number of hydrogen-bond acceptors (Lipinski definition) is 4. The van der Waals surface area contributed by atoms with Crippen molar-refractivity contribution in [2.75, 3.05) is 0 Å². The number of rotatable bonds is 4. The SMILES string of the molecule is Cc1cccc(C)c1N=c1scc(-c2cc3ccccc3o2)n1N=Cc1cccc(C(F)(F)F)c1. The molecule has 0 saturated carbocycles. The van der Waals surface area contributed by atoms with E-state index in [0.29, 0.717) is 21.8 Å². The first-order valence-electron chi connectivity index (χ1n) is 10.8. The third-order valence-electron chi connectivity index (χ3n) is 5.55. The first-order valence-corrected chi connectivity index (χ1v) is 11.7. The van der Waals surface area contributed by atoms with Crippen molar-refractivity contribution in [2.45, 2.75) is 20.0 Å². The van der Waals surface area contributed by atoms with Gasteiger partial charge in [-0.2, -0.15) is 18.3 Å². The topological polar surface area (TPSA) is 42.8 Å². The molecule has 0 unspecified atom stereocenters. The minimum absolute atomic E-state index is 0.326. The van der Waals surface area contributed by atoms with Gasteiger partial charge >= 0.3 is 6.18 Å². The van der Waals surface area contributed by atoms with E-state index in [1.165, 1.54) is 23.6 Å². The van der Waals surface area contributed by atoms with E-state index in [1.54, 1.807) is 10.7 Å².